The van der Waals surface area contributed by atoms with Crippen LogP contribution in [0.4, 0.5) is 0 Å². The minimum atomic E-state index is 0.0969. The first-order chi connectivity index (χ1) is 22.2. The van der Waals surface area contributed by atoms with Crippen molar-refractivity contribution < 1.29 is 4.74 Å². The van der Waals surface area contributed by atoms with Crippen molar-refractivity contribution in [2.24, 2.45) is 0 Å². The van der Waals surface area contributed by atoms with Gasteiger partial charge in [0.2, 0.25) is 0 Å². The van der Waals surface area contributed by atoms with Gasteiger partial charge in [-0.15, -0.1) is 0 Å². The van der Waals surface area contributed by atoms with Crippen molar-refractivity contribution >= 4 is 21.8 Å². The summed E-state index contributed by atoms with van der Waals surface area (Å²) in [5, 5.41) is 2.26. The van der Waals surface area contributed by atoms with Gasteiger partial charge in [0, 0.05) is 45.8 Å². The number of pyridine rings is 2. The molecule has 45 heavy (non-hydrogen) atoms. The van der Waals surface area contributed by atoms with Gasteiger partial charge in [0.05, 0.1) is 11.0 Å². The Labute approximate surface area is 261 Å². The van der Waals surface area contributed by atoms with Crippen molar-refractivity contribution in [3.8, 4) is 50.3 Å². The van der Waals surface area contributed by atoms with Crippen LogP contribution in [-0.2, 0) is 0 Å². The molecular formula is C42H28N2O. The largest absolute Gasteiger partial charge is 0.485 e. The Hall–Kier alpha value is -5.80. The molecule has 0 fully saturated rings. The molecule has 0 bridgehead atoms. The lowest BCUT2D eigenvalue weighted by Gasteiger charge is -2.13. The van der Waals surface area contributed by atoms with E-state index in [1.165, 1.54) is 11.1 Å². The van der Waals surface area contributed by atoms with E-state index in [2.05, 4.69) is 133 Å². The summed E-state index contributed by atoms with van der Waals surface area (Å²) in [6, 6.07) is 43.2. The average molecular weight is 577 g/mol. The molecule has 0 radical (unpaired) electrons. The van der Waals surface area contributed by atoms with Crippen molar-refractivity contribution in [3.63, 3.8) is 0 Å². The minimum absolute atomic E-state index is 0.0969. The van der Waals surface area contributed by atoms with E-state index in [0.717, 1.165) is 66.5 Å². The van der Waals surface area contributed by atoms with Gasteiger partial charge in [-0.05, 0) is 88.0 Å². The van der Waals surface area contributed by atoms with Gasteiger partial charge in [-0.2, -0.15) is 0 Å². The molecule has 9 rings (SSSR count). The fourth-order valence-electron chi connectivity index (χ4n) is 6.66. The third kappa shape index (κ3) is 4.61. The maximum Gasteiger partial charge on any atom is 0.128 e. The first-order valence-electron chi connectivity index (χ1n) is 15.4. The van der Waals surface area contributed by atoms with Gasteiger partial charge in [-0.1, -0.05) is 91.0 Å². The lowest BCUT2D eigenvalue weighted by atomic mass is 9.90. The van der Waals surface area contributed by atoms with E-state index < -0.39 is 0 Å². The average Bonchev–Trinajstić information content (AvgIpc) is 3.49. The van der Waals surface area contributed by atoms with Crippen LogP contribution in [0.15, 0.2) is 158 Å². The third-order valence-corrected chi connectivity index (χ3v) is 9.05. The predicted molar refractivity (Wildman–Crippen MR) is 184 cm³/mol. The van der Waals surface area contributed by atoms with E-state index in [9.17, 15) is 0 Å². The van der Waals surface area contributed by atoms with Crippen LogP contribution in [0.25, 0.3) is 66.3 Å². The summed E-state index contributed by atoms with van der Waals surface area (Å²) in [5.41, 5.74) is 12.3. The maximum atomic E-state index is 6.28. The molecule has 0 spiro atoms. The molecule has 0 saturated carbocycles. The number of nitrogens with zero attached hydrogens (tertiary/aromatic N) is 2. The Kier molecular flexibility index (Phi) is 5.95. The van der Waals surface area contributed by atoms with Crippen LogP contribution < -0.4 is 4.74 Å². The molecule has 212 valence electrons. The number of fused-ring (bicyclic) bond motifs is 5. The molecule has 3 heteroatoms. The quantitative estimate of drug-likeness (QED) is 0.209. The molecule has 3 heterocycles. The normalized spacial score (nSPS) is 16.4. The number of hydrogen-bond donors (Lipinski definition) is 0. The summed E-state index contributed by atoms with van der Waals surface area (Å²) in [6.45, 7) is 0. The van der Waals surface area contributed by atoms with Crippen LogP contribution in [0.1, 0.15) is 11.5 Å². The molecule has 2 aromatic heterocycles. The first kappa shape index (κ1) is 25.7. The van der Waals surface area contributed by atoms with E-state index >= 15 is 0 Å². The second-order valence-corrected chi connectivity index (χ2v) is 11.8. The van der Waals surface area contributed by atoms with Gasteiger partial charge in [0.25, 0.3) is 0 Å². The lowest BCUT2D eigenvalue weighted by molar-refractivity contribution is 0.269. The van der Waals surface area contributed by atoms with Gasteiger partial charge in [-0.25, -0.2) is 0 Å². The molecule has 5 aromatic carbocycles. The lowest BCUT2D eigenvalue weighted by Crippen LogP contribution is -2.15. The molecule has 0 saturated heterocycles. The van der Waals surface area contributed by atoms with Crippen molar-refractivity contribution in [2.45, 2.75) is 12.0 Å². The number of allylic oxidation sites excluding steroid dienone is 2. The van der Waals surface area contributed by atoms with Crippen molar-refractivity contribution in [1.29, 1.82) is 0 Å². The molecule has 0 N–H and O–H groups in total. The maximum absolute atomic E-state index is 6.28. The molecule has 7 aromatic rings. The topological polar surface area (TPSA) is 35.0 Å². The fourth-order valence-corrected chi connectivity index (χ4v) is 6.66. The first-order valence-corrected chi connectivity index (χ1v) is 15.4. The summed E-state index contributed by atoms with van der Waals surface area (Å²) < 4.78 is 6.28. The van der Waals surface area contributed by atoms with Crippen LogP contribution in [0.2, 0.25) is 0 Å². The van der Waals surface area contributed by atoms with Crippen molar-refractivity contribution in [1.82, 2.24) is 9.97 Å². The predicted octanol–water partition coefficient (Wildman–Crippen LogP) is 10.4. The molecule has 0 amide bonds. The highest BCUT2D eigenvalue weighted by Gasteiger charge is 2.32. The summed E-state index contributed by atoms with van der Waals surface area (Å²) in [6.07, 6.45) is 12.6. The Morgan fingerprint density at radius 2 is 0.978 bits per heavy atom. The number of benzene rings is 5. The second kappa shape index (κ2) is 10.4. The van der Waals surface area contributed by atoms with Crippen LogP contribution in [0, 0.1) is 0 Å². The van der Waals surface area contributed by atoms with E-state index in [0.29, 0.717) is 5.92 Å². The fraction of sp³-hybridized carbons (Fsp3) is 0.0476. The molecule has 2 atom stereocenters. The highest BCUT2D eigenvalue weighted by atomic mass is 16.5. The number of aromatic nitrogens is 2. The number of ether oxygens (including phenoxy) is 1. The SMILES string of the molecule is C1=CC2Oc3cc(-c4ccc(-c5cc(-c6cnc7ccccc7c6)cc(-c6cnc7ccccc7c6)c5)cc4)ccc3C2C=C1. The molecule has 1 aliphatic carbocycles. The monoisotopic (exact) mass is 576 g/mol. The Balaban J connectivity index is 1.12. The number of rotatable bonds is 4. The van der Waals surface area contributed by atoms with Crippen molar-refractivity contribution in [2.75, 3.05) is 0 Å². The van der Waals surface area contributed by atoms with E-state index in [4.69, 9.17) is 14.7 Å². The van der Waals surface area contributed by atoms with Crippen LogP contribution >= 0.6 is 0 Å². The molecule has 2 aliphatic rings. The highest BCUT2D eigenvalue weighted by Crippen LogP contribution is 2.43. The Morgan fingerprint density at radius 3 is 1.62 bits per heavy atom. The Bertz CT molecular complexity index is 2220. The second-order valence-electron chi connectivity index (χ2n) is 11.8. The van der Waals surface area contributed by atoms with Gasteiger partial charge in [-0.3, -0.25) is 9.97 Å². The number of hydrogen-bond acceptors (Lipinski definition) is 3. The number of para-hydroxylation sites is 2. The Morgan fingerprint density at radius 1 is 0.444 bits per heavy atom. The zero-order valence-electron chi connectivity index (χ0n) is 24.5. The smallest absolute Gasteiger partial charge is 0.128 e. The van der Waals surface area contributed by atoms with E-state index in [1.807, 2.05) is 24.5 Å². The zero-order chi connectivity index (χ0) is 29.7. The molecular weight excluding hydrogens is 548 g/mol. The summed E-state index contributed by atoms with van der Waals surface area (Å²) in [4.78, 5) is 9.53. The highest BCUT2D eigenvalue weighted by molar-refractivity contribution is 5.89. The van der Waals surface area contributed by atoms with Crippen LogP contribution in [-0.4, -0.2) is 16.1 Å². The van der Waals surface area contributed by atoms with Gasteiger partial charge >= 0.3 is 0 Å². The standard InChI is InChI=1S/C42H28N2O/c1-4-10-39-30(7-1)19-35(25-43-39)33-21-32(22-34(23-33)36-20-31-8-2-5-11-40(31)44-26-36)28-15-13-27(14-16-28)29-17-18-38-37-9-3-6-12-41(37)45-42(38)24-29/h1-26,37,41H. The molecule has 2 unspecified atom stereocenters. The van der Waals surface area contributed by atoms with Gasteiger partial charge in [0.1, 0.15) is 11.9 Å². The zero-order valence-corrected chi connectivity index (χ0v) is 24.5. The minimum Gasteiger partial charge on any atom is -0.485 e. The molecule has 1 aliphatic heterocycles. The van der Waals surface area contributed by atoms with Crippen LogP contribution in [0.5, 0.6) is 5.75 Å². The van der Waals surface area contributed by atoms with Crippen molar-refractivity contribution in [3.05, 3.63) is 164 Å². The van der Waals surface area contributed by atoms with E-state index in [1.54, 1.807) is 0 Å². The van der Waals surface area contributed by atoms with Gasteiger partial charge in [0.15, 0.2) is 0 Å². The molecule has 3 nitrogen and oxygen atoms in total. The summed E-state index contributed by atoms with van der Waals surface area (Å²) >= 11 is 0. The summed E-state index contributed by atoms with van der Waals surface area (Å²) in [7, 11) is 0. The van der Waals surface area contributed by atoms with E-state index in [-0.39, 0.29) is 6.10 Å². The van der Waals surface area contributed by atoms with Crippen LogP contribution in [0.3, 0.4) is 0 Å². The van der Waals surface area contributed by atoms with Gasteiger partial charge < -0.3 is 4.74 Å². The third-order valence-electron chi connectivity index (χ3n) is 9.05. The summed E-state index contributed by atoms with van der Waals surface area (Å²) in [5.74, 6) is 1.28.